The van der Waals surface area contributed by atoms with Gasteiger partial charge in [0.25, 0.3) is 0 Å². The van der Waals surface area contributed by atoms with Crippen molar-refractivity contribution in [1.82, 2.24) is 4.98 Å². The summed E-state index contributed by atoms with van der Waals surface area (Å²) < 4.78 is 4.72. The van der Waals surface area contributed by atoms with Crippen LogP contribution in [-0.2, 0) is 0 Å². The van der Waals surface area contributed by atoms with Crippen LogP contribution < -0.4 is 5.63 Å². The highest BCUT2D eigenvalue weighted by molar-refractivity contribution is 5.11. The molecule has 3 heteroatoms. The van der Waals surface area contributed by atoms with Crippen molar-refractivity contribution in [3.05, 3.63) is 27.6 Å². The first-order chi connectivity index (χ1) is 4.61. The molecule has 1 heterocycles. The molecule has 0 fully saturated rings. The molecule has 10 heavy (non-hydrogen) atoms. The fourth-order valence-corrected chi connectivity index (χ4v) is 0.701. The first kappa shape index (κ1) is 6.99. The molecule has 0 aliphatic carbocycles. The number of hydrogen-bond acceptors (Lipinski definition) is 3. The minimum Gasteiger partial charge on any atom is -0.408 e. The van der Waals surface area contributed by atoms with Crippen molar-refractivity contribution < 1.29 is 4.42 Å². The van der Waals surface area contributed by atoms with Gasteiger partial charge in [-0.15, -0.1) is 0 Å². The van der Waals surface area contributed by atoms with Gasteiger partial charge in [0.05, 0.1) is 11.3 Å². The molecule has 3 nitrogen and oxygen atoms in total. The van der Waals surface area contributed by atoms with E-state index in [0.717, 1.165) is 5.69 Å². The van der Waals surface area contributed by atoms with Crippen LogP contribution >= 0.6 is 0 Å². The fraction of sp³-hybridized carbons (Fsp3) is 0.429. The SMILES string of the molecule is Cc1nc(C)c(C)c(=O)o1. The van der Waals surface area contributed by atoms with E-state index in [2.05, 4.69) is 4.98 Å². The van der Waals surface area contributed by atoms with E-state index >= 15 is 0 Å². The van der Waals surface area contributed by atoms with Crippen LogP contribution in [0.5, 0.6) is 0 Å². The van der Waals surface area contributed by atoms with E-state index in [-0.39, 0.29) is 5.63 Å². The molecule has 0 N–H and O–H groups in total. The van der Waals surface area contributed by atoms with E-state index < -0.39 is 0 Å². The molecule has 0 spiro atoms. The Morgan fingerprint density at radius 3 is 2.40 bits per heavy atom. The van der Waals surface area contributed by atoms with Gasteiger partial charge in [-0.2, -0.15) is 0 Å². The second kappa shape index (κ2) is 2.25. The van der Waals surface area contributed by atoms with Crippen molar-refractivity contribution in [3.8, 4) is 0 Å². The second-order valence-electron chi connectivity index (χ2n) is 2.23. The third-order valence-corrected chi connectivity index (χ3v) is 1.41. The molecule has 1 rings (SSSR count). The fourth-order valence-electron chi connectivity index (χ4n) is 0.701. The van der Waals surface area contributed by atoms with Crippen LogP contribution in [0.2, 0.25) is 0 Å². The number of hydrogen-bond donors (Lipinski definition) is 0. The summed E-state index contributed by atoms with van der Waals surface area (Å²) in [5.74, 6) is 0.424. The zero-order valence-electron chi connectivity index (χ0n) is 6.26. The molecular formula is C7H9NO2. The van der Waals surface area contributed by atoms with Crippen molar-refractivity contribution in [2.45, 2.75) is 20.8 Å². The van der Waals surface area contributed by atoms with Gasteiger partial charge < -0.3 is 4.42 Å². The average molecular weight is 139 g/mol. The summed E-state index contributed by atoms with van der Waals surface area (Å²) in [5, 5.41) is 0. The standard InChI is InChI=1S/C7H9NO2/c1-4-5(2)8-6(3)10-7(4)9/h1-3H3. The molecule has 0 saturated heterocycles. The quantitative estimate of drug-likeness (QED) is 0.537. The van der Waals surface area contributed by atoms with Gasteiger partial charge in [0.15, 0.2) is 5.89 Å². The van der Waals surface area contributed by atoms with E-state index in [0.29, 0.717) is 11.5 Å². The second-order valence-corrected chi connectivity index (χ2v) is 2.23. The molecule has 0 bridgehead atoms. The molecule has 54 valence electrons. The van der Waals surface area contributed by atoms with Gasteiger partial charge in [-0.1, -0.05) is 0 Å². The smallest absolute Gasteiger partial charge is 0.342 e. The Labute approximate surface area is 58.7 Å². The van der Waals surface area contributed by atoms with Gasteiger partial charge in [0.2, 0.25) is 0 Å². The highest BCUT2D eigenvalue weighted by atomic mass is 16.4. The van der Waals surface area contributed by atoms with Crippen LogP contribution in [0.25, 0.3) is 0 Å². The molecule has 0 aliphatic heterocycles. The topological polar surface area (TPSA) is 43.1 Å². The Morgan fingerprint density at radius 1 is 1.30 bits per heavy atom. The molecule has 0 aliphatic rings. The number of aryl methyl sites for hydroxylation is 2. The minimum absolute atomic E-state index is 0.287. The Kier molecular flexibility index (Phi) is 1.57. The summed E-state index contributed by atoms with van der Waals surface area (Å²) in [6.07, 6.45) is 0. The van der Waals surface area contributed by atoms with Crippen molar-refractivity contribution in [1.29, 1.82) is 0 Å². The first-order valence-electron chi connectivity index (χ1n) is 3.06. The van der Waals surface area contributed by atoms with Gasteiger partial charge in [-0.05, 0) is 13.8 Å². The normalized spacial score (nSPS) is 9.90. The lowest BCUT2D eigenvalue weighted by atomic mass is 10.3. The lowest BCUT2D eigenvalue weighted by molar-refractivity contribution is 0.448. The number of nitrogens with zero attached hydrogens (tertiary/aromatic N) is 1. The predicted octanol–water partition coefficient (Wildman–Crippen LogP) is 0.960. The Morgan fingerprint density at radius 2 is 1.90 bits per heavy atom. The number of rotatable bonds is 0. The van der Waals surface area contributed by atoms with Crippen LogP contribution in [0, 0.1) is 20.8 Å². The highest BCUT2D eigenvalue weighted by Crippen LogP contribution is 1.96. The van der Waals surface area contributed by atoms with Gasteiger partial charge in [-0.25, -0.2) is 9.78 Å². The summed E-state index contributed by atoms with van der Waals surface area (Å²) in [4.78, 5) is 14.8. The maximum atomic E-state index is 10.9. The number of aromatic nitrogens is 1. The molecule has 0 saturated carbocycles. The average Bonchev–Trinajstić information content (AvgIpc) is 1.82. The van der Waals surface area contributed by atoms with Crippen LogP contribution in [0.3, 0.4) is 0 Å². The van der Waals surface area contributed by atoms with Crippen molar-refractivity contribution >= 4 is 0 Å². The lowest BCUT2D eigenvalue weighted by Gasteiger charge is -1.95. The molecule has 0 unspecified atom stereocenters. The maximum Gasteiger partial charge on any atom is 0.342 e. The molecule has 0 atom stereocenters. The van der Waals surface area contributed by atoms with Gasteiger partial charge in [-0.3, -0.25) is 0 Å². The third kappa shape index (κ3) is 1.07. The summed E-state index contributed by atoms with van der Waals surface area (Å²) in [7, 11) is 0. The zero-order chi connectivity index (χ0) is 7.72. The van der Waals surface area contributed by atoms with E-state index in [1.807, 2.05) is 0 Å². The van der Waals surface area contributed by atoms with Gasteiger partial charge in [0, 0.05) is 6.92 Å². The maximum absolute atomic E-state index is 10.9. The molecule has 1 aromatic rings. The largest absolute Gasteiger partial charge is 0.408 e. The van der Waals surface area contributed by atoms with Gasteiger partial charge in [0.1, 0.15) is 0 Å². The van der Waals surface area contributed by atoms with Crippen molar-refractivity contribution in [2.75, 3.05) is 0 Å². The monoisotopic (exact) mass is 139 g/mol. The van der Waals surface area contributed by atoms with Crippen molar-refractivity contribution in [2.24, 2.45) is 0 Å². The Hall–Kier alpha value is -1.12. The lowest BCUT2D eigenvalue weighted by Crippen LogP contribution is -2.08. The summed E-state index contributed by atoms with van der Waals surface area (Å²) in [6.45, 7) is 5.15. The third-order valence-electron chi connectivity index (χ3n) is 1.41. The van der Waals surface area contributed by atoms with Crippen LogP contribution in [0.1, 0.15) is 17.1 Å². The zero-order valence-corrected chi connectivity index (χ0v) is 6.26. The molecule has 0 radical (unpaired) electrons. The van der Waals surface area contributed by atoms with Crippen LogP contribution in [0.15, 0.2) is 9.21 Å². The Bertz CT molecular complexity index is 301. The van der Waals surface area contributed by atoms with Gasteiger partial charge >= 0.3 is 5.63 Å². The van der Waals surface area contributed by atoms with Crippen LogP contribution in [-0.4, -0.2) is 4.98 Å². The van der Waals surface area contributed by atoms with E-state index in [1.165, 1.54) is 0 Å². The summed E-state index contributed by atoms with van der Waals surface area (Å²) in [5.41, 5.74) is 1.05. The Balaban J connectivity index is 3.46. The molecule has 0 amide bonds. The minimum atomic E-state index is -0.287. The highest BCUT2D eigenvalue weighted by Gasteiger charge is 2.00. The van der Waals surface area contributed by atoms with E-state index in [9.17, 15) is 4.79 Å². The summed E-state index contributed by atoms with van der Waals surface area (Å²) >= 11 is 0. The van der Waals surface area contributed by atoms with E-state index in [1.54, 1.807) is 20.8 Å². The van der Waals surface area contributed by atoms with E-state index in [4.69, 9.17) is 4.42 Å². The molecule has 1 aromatic heterocycles. The van der Waals surface area contributed by atoms with Crippen molar-refractivity contribution in [3.63, 3.8) is 0 Å². The first-order valence-corrected chi connectivity index (χ1v) is 3.06. The summed E-state index contributed by atoms with van der Waals surface area (Å²) in [6, 6.07) is 0. The molecular weight excluding hydrogens is 130 g/mol. The van der Waals surface area contributed by atoms with Crippen LogP contribution in [0.4, 0.5) is 0 Å². The molecule has 0 aromatic carbocycles. The predicted molar refractivity (Wildman–Crippen MR) is 37.0 cm³/mol.